The van der Waals surface area contributed by atoms with E-state index in [4.69, 9.17) is 9.47 Å². The molecule has 3 rings (SSSR count). The summed E-state index contributed by atoms with van der Waals surface area (Å²) in [5.74, 6) is -0.610. The van der Waals surface area contributed by atoms with Gasteiger partial charge in [-0.25, -0.2) is 0 Å². The van der Waals surface area contributed by atoms with Crippen molar-refractivity contribution < 1.29 is 19.1 Å². The molecule has 0 unspecified atom stereocenters. The van der Waals surface area contributed by atoms with Gasteiger partial charge in [0.05, 0.1) is 13.0 Å². The van der Waals surface area contributed by atoms with Crippen molar-refractivity contribution in [2.75, 3.05) is 26.3 Å². The van der Waals surface area contributed by atoms with Crippen molar-refractivity contribution in [2.24, 2.45) is 0 Å². The van der Waals surface area contributed by atoms with Crippen LogP contribution >= 0.6 is 0 Å². The lowest BCUT2D eigenvalue weighted by Gasteiger charge is -2.14. The maximum atomic E-state index is 12.0. The molecule has 1 aliphatic rings. The van der Waals surface area contributed by atoms with E-state index in [1.165, 1.54) is 28.3 Å². The Labute approximate surface area is 159 Å². The third kappa shape index (κ3) is 4.63. The van der Waals surface area contributed by atoms with E-state index in [1.807, 2.05) is 24.3 Å². The molecule has 0 bridgehead atoms. The summed E-state index contributed by atoms with van der Waals surface area (Å²) in [4.78, 5) is 23.4. The summed E-state index contributed by atoms with van der Waals surface area (Å²) in [7, 11) is 0. The normalized spacial score (nSPS) is 12.1. The smallest absolute Gasteiger partial charge is 0.319 e. The predicted molar refractivity (Wildman–Crippen MR) is 103 cm³/mol. The van der Waals surface area contributed by atoms with Crippen LogP contribution in [-0.4, -0.2) is 38.2 Å². The van der Waals surface area contributed by atoms with Gasteiger partial charge in [-0.2, -0.15) is 0 Å². The van der Waals surface area contributed by atoms with E-state index in [-0.39, 0.29) is 37.4 Å². The van der Waals surface area contributed by atoms with E-state index >= 15 is 0 Å². The fourth-order valence-corrected chi connectivity index (χ4v) is 3.27. The van der Waals surface area contributed by atoms with Crippen molar-refractivity contribution in [3.05, 3.63) is 72.3 Å². The quantitative estimate of drug-likeness (QED) is 0.420. The van der Waals surface area contributed by atoms with Crippen molar-refractivity contribution >= 4 is 11.9 Å². The number of carbonyl (C=O) groups excluding carboxylic acids is 2. The molecule has 1 aliphatic carbocycles. The second-order valence-electron chi connectivity index (χ2n) is 6.31. The molecule has 0 aromatic heterocycles. The molecule has 140 valence electrons. The Morgan fingerprint density at radius 2 is 1.59 bits per heavy atom. The summed E-state index contributed by atoms with van der Waals surface area (Å²) >= 11 is 0. The molecule has 5 heteroatoms. The summed E-state index contributed by atoms with van der Waals surface area (Å²) in [5, 5.41) is 2.90. The molecule has 0 radical (unpaired) electrons. The summed E-state index contributed by atoms with van der Waals surface area (Å²) in [6.45, 7) is 4.40. The van der Waals surface area contributed by atoms with Crippen LogP contribution in [0.2, 0.25) is 0 Å². The van der Waals surface area contributed by atoms with E-state index in [1.54, 1.807) is 0 Å². The largest absolute Gasteiger partial charge is 0.464 e. The van der Waals surface area contributed by atoms with Crippen molar-refractivity contribution in [3.8, 4) is 11.1 Å². The van der Waals surface area contributed by atoms with Gasteiger partial charge >= 0.3 is 11.9 Å². The summed E-state index contributed by atoms with van der Waals surface area (Å²) in [6, 6.07) is 16.4. The van der Waals surface area contributed by atoms with Crippen LogP contribution in [0.15, 0.2) is 61.2 Å². The monoisotopic (exact) mass is 365 g/mol. The van der Waals surface area contributed by atoms with Gasteiger partial charge in [0.15, 0.2) is 0 Å². The number of ether oxygens (including phenoxy) is 2. The number of rotatable bonds is 9. The zero-order valence-electron chi connectivity index (χ0n) is 15.1. The highest BCUT2D eigenvalue weighted by molar-refractivity contribution is 5.79. The topological polar surface area (TPSA) is 64.6 Å². The van der Waals surface area contributed by atoms with Crippen LogP contribution in [0.3, 0.4) is 0 Å². The maximum Gasteiger partial charge on any atom is 0.319 e. The number of hydrogen-bond donors (Lipinski definition) is 1. The first kappa shape index (κ1) is 18.9. The highest BCUT2D eigenvalue weighted by Gasteiger charge is 2.28. The molecule has 2 aromatic carbocycles. The van der Waals surface area contributed by atoms with Gasteiger partial charge < -0.3 is 14.8 Å². The number of benzene rings is 2. The lowest BCUT2D eigenvalue weighted by atomic mass is 9.98. The minimum Gasteiger partial charge on any atom is -0.464 e. The number of fused-ring (bicyclic) bond motifs is 3. The van der Waals surface area contributed by atoms with Crippen LogP contribution in [0, 0.1) is 0 Å². The molecule has 27 heavy (non-hydrogen) atoms. The van der Waals surface area contributed by atoms with E-state index in [0.29, 0.717) is 13.2 Å². The average Bonchev–Trinajstić information content (AvgIpc) is 3.02. The maximum absolute atomic E-state index is 12.0. The van der Waals surface area contributed by atoms with Crippen LogP contribution in [0.1, 0.15) is 23.5 Å². The summed E-state index contributed by atoms with van der Waals surface area (Å²) in [6.07, 6.45) is 1.71. The third-order valence-electron chi connectivity index (χ3n) is 4.51. The van der Waals surface area contributed by atoms with Gasteiger partial charge in [-0.3, -0.25) is 9.59 Å². The summed E-state index contributed by atoms with van der Waals surface area (Å²) < 4.78 is 10.3. The van der Waals surface area contributed by atoms with Gasteiger partial charge in [-0.05, 0) is 22.3 Å². The second kappa shape index (κ2) is 9.14. The first-order chi connectivity index (χ1) is 13.2. The highest BCUT2D eigenvalue weighted by atomic mass is 16.5. The van der Waals surface area contributed by atoms with Crippen LogP contribution in [0.5, 0.6) is 0 Å². The number of esters is 2. The van der Waals surface area contributed by atoms with Crippen LogP contribution < -0.4 is 5.32 Å². The molecule has 0 spiro atoms. The van der Waals surface area contributed by atoms with E-state index in [2.05, 4.69) is 36.2 Å². The van der Waals surface area contributed by atoms with Crippen LogP contribution in [0.4, 0.5) is 0 Å². The van der Waals surface area contributed by atoms with Crippen LogP contribution in [-0.2, 0) is 19.1 Å². The molecule has 0 heterocycles. The molecule has 0 atom stereocenters. The zero-order chi connectivity index (χ0) is 19.1. The first-order valence-corrected chi connectivity index (χ1v) is 9.01. The van der Waals surface area contributed by atoms with Crippen molar-refractivity contribution in [3.63, 3.8) is 0 Å². The fraction of sp³-hybridized carbons (Fsp3) is 0.273. The van der Waals surface area contributed by atoms with Gasteiger partial charge in [0, 0.05) is 12.5 Å². The van der Waals surface area contributed by atoms with E-state index < -0.39 is 0 Å². The molecular formula is C22H23NO4. The van der Waals surface area contributed by atoms with Crippen molar-refractivity contribution in [2.45, 2.75) is 12.3 Å². The molecule has 0 saturated heterocycles. The minimum absolute atomic E-state index is 0.0511. The molecule has 5 nitrogen and oxygen atoms in total. The molecule has 0 fully saturated rings. The number of hydrogen-bond acceptors (Lipinski definition) is 5. The number of nitrogens with one attached hydrogen (secondary N) is 1. The van der Waals surface area contributed by atoms with Gasteiger partial charge in [0.2, 0.25) is 0 Å². The van der Waals surface area contributed by atoms with Gasteiger partial charge in [-0.1, -0.05) is 61.2 Å². The Morgan fingerprint density at radius 3 is 2.22 bits per heavy atom. The fourth-order valence-electron chi connectivity index (χ4n) is 3.27. The second-order valence-corrected chi connectivity index (χ2v) is 6.31. The highest BCUT2D eigenvalue weighted by Crippen LogP contribution is 2.44. The molecule has 0 saturated carbocycles. The Bertz CT molecular complexity index is 785. The third-order valence-corrected chi connectivity index (χ3v) is 4.51. The molecule has 0 aliphatic heterocycles. The molecular weight excluding hydrogens is 342 g/mol. The van der Waals surface area contributed by atoms with Crippen molar-refractivity contribution in [1.29, 1.82) is 0 Å². The Balaban J connectivity index is 1.48. The molecule has 2 aromatic rings. The lowest BCUT2D eigenvalue weighted by Crippen LogP contribution is -2.28. The number of carbonyl (C=O) groups is 2. The Hall–Kier alpha value is -2.92. The molecule has 0 amide bonds. The van der Waals surface area contributed by atoms with E-state index in [9.17, 15) is 9.59 Å². The Morgan fingerprint density at radius 1 is 0.963 bits per heavy atom. The van der Waals surface area contributed by atoms with Gasteiger partial charge in [-0.15, -0.1) is 0 Å². The van der Waals surface area contributed by atoms with E-state index in [0.717, 1.165) is 0 Å². The van der Waals surface area contributed by atoms with Crippen LogP contribution in [0.25, 0.3) is 11.1 Å². The minimum atomic E-state index is -0.337. The lowest BCUT2D eigenvalue weighted by molar-refractivity contribution is -0.144. The SMILES string of the molecule is C=CCOC(=O)CCNCC(=O)OCC1c2ccccc2-c2ccccc21. The molecule has 1 N–H and O–H groups in total. The zero-order valence-corrected chi connectivity index (χ0v) is 15.1. The average molecular weight is 365 g/mol. The van der Waals surface area contributed by atoms with Gasteiger partial charge in [0.25, 0.3) is 0 Å². The summed E-state index contributed by atoms with van der Waals surface area (Å²) in [5.41, 5.74) is 4.77. The Kier molecular flexibility index (Phi) is 6.39. The van der Waals surface area contributed by atoms with Gasteiger partial charge in [0.1, 0.15) is 13.2 Å². The van der Waals surface area contributed by atoms with Crippen molar-refractivity contribution in [1.82, 2.24) is 5.32 Å². The standard InChI is InChI=1S/C22H23NO4/c1-2-13-26-21(24)11-12-23-14-22(25)27-15-20-18-9-5-3-7-16(18)17-8-4-6-10-19(17)20/h2-10,20,23H,1,11-15H2. The first-order valence-electron chi connectivity index (χ1n) is 9.01. The predicted octanol–water partition coefficient (Wildman–Crippen LogP) is 3.05.